The van der Waals surface area contributed by atoms with Gasteiger partial charge in [0, 0.05) is 10.0 Å². The van der Waals surface area contributed by atoms with Gasteiger partial charge >= 0.3 is 0 Å². The van der Waals surface area contributed by atoms with E-state index >= 15 is 0 Å². The Balaban J connectivity index is 2.03. The second kappa shape index (κ2) is 7.51. The number of halogens is 1. The maximum absolute atomic E-state index is 12.1. The van der Waals surface area contributed by atoms with Gasteiger partial charge in [0.15, 0.2) is 0 Å². The van der Waals surface area contributed by atoms with Crippen molar-refractivity contribution in [3.63, 3.8) is 0 Å². The van der Waals surface area contributed by atoms with Crippen LogP contribution in [-0.2, 0) is 5.60 Å². The number of hydrogen-bond acceptors (Lipinski definition) is 1. The molecule has 0 aliphatic rings. The summed E-state index contributed by atoms with van der Waals surface area (Å²) in [5.41, 5.74) is 3.34. The quantitative estimate of drug-likeness (QED) is 0.383. The number of benzene rings is 4. The van der Waals surface area contributed by atoms with Crippen molar-refractivity contribution in [3.8, 4) is 11.1 Å². The lowest BCUT2D eigenvalue weighted by atomic mass is 9.77. The molecule has 0 heterocycles. The van der Waals surface area contributed by atoms with Crippen LogP contribution >= 0.6 is 15.9 Å². The minimum Gasteiger partial charge on any atom is -0.376 e. The summed E-state index contributed by atoms with van der Waals surface area (Å²) in [6, 6.07) is 35.9. The first-order valence-electron chi connectivity index (χ1n) is 8.89. The molecular weight excluding hydrogens is 396 g/mol. The summed E-state index contributed by atoms with van der Waals surface area (Å²) in [5.74, 6) is 0. The maximum atomic E-state index is 12.1. The highest BCUT2D eigenvalue weighted by molar-refractivity contribution is 9.10. The summed E-state index contributed by atoms with van der Waals surface area (Å²) >= 11 is 3.66. The van der Waals surface area contributed by atoms with Crippen molar-refractivity contribution in [1.29, 1.82) is 0 Å². The summed E-state index contributed by atoms with van der Waals surface area (Å²) in [5, 5.41) is 12.1. The second-order valence-corrected chi connectivity index (χ2v) is 7.32. The van der Waals surface area contributed by atoms with Crippen LogP contribution in [0, 0.1) is 0 Å². The van der Waals surface area contributed by atoms with Gasteiger partial charge in [-0.2, -0.15) is 0 Å². The van der Waals surface area contributed by atoms with E-state index in [1.807, 2.05) is 97.1 Å². The Kier molecular flexibility index (Phi) is 4.93. The van der Waals surface area contributed by atoms with Gasteiger partial charge in [0.25, 0.3) is 0 Å². The average molecular weight is 415 g/mol. The molecule has 132 valence electrons. The lowest BCUT2D eigenvalue weighted by Gasteiger charge is -2.32. The summed E-state index contributed by atoms with van der Waals surface area (Å²) in [7, 11) is 0. The largest absolute Gasteiger partial charge is 0.376 e. The van der Waals surface area contributed by atoms with Crippen LogP contribution in [0.3, 0.4) is 0 Å². The second-order valence-electron chi connectivity index (χ2n) is 6.47. The van der Waals surface area contributed by atoms with Crippen molar-refractivity contribution < 1.29 is 5.11 Å². The van der Waals surface area contributed by atoms with Crippen molar-refractivity contribution >= 4 is 15.9 Å². The normalized spacial score (nSPS) is 11.3. The van der Waals surface area contributed by atoms with E-state index in [1.54, 1.807) is 0 Å². The molecule has 0 aliphatic carbocycles. The van der Waals surface area contributed by atoms with Gasteiger partial charge in [-0.1, -0.05) is 119 Å². The Morgan fingerprint density at radius 1 is 0.519 bits per heavy atom. The molecule has 0 aromatic heterocycles. The molecule has 4 aromatic rings. The molecule has 0 amide bonds. The van der Waals surface area contributed by atoms with Gasteiger partial charge in [0.2, 0.25) is 0 Å². The van der Waals surface area contributed by atoms with Gasteiger partial charge < -0.3 is 5.11 Å². The molecule has 0 saturated heterocycles. The Morgan fingerprint density at radius 3 is 1.52 bits per heavy atom. The smallest absolute Gasteiger partial charge is 0.141 e. The van der Waals surface area contributed by atoms with Crippen LogP contribution in [0.25, 0.3) is 11.1 Å². The van der Waals surface area contributed by atoms with Gasteiger partial charge in [-0.25, -0.2) is 0 Å². The average Bonchev–Trinajstić information content (AvgIpc) is 2.75. The molecule has 0 unspecified atom stereocenters. The van der Waals surface area contributed by atoms with E-state index in [1.165, 1.54) is 0 Å². The Hall–Kier alpha value is -2.68. The zero-order valence-corrected chi connectivity index (χ0v) is 16.3. The van der Waals surface area contributed by atoms with Gasteiger partial charge in [-0.3, -0.25) is 0 Å². The van der Waals surface area contributed by atoms with Crippen molar-refractivity contribution in [2.45, 2.75) is 5.60 Å². The Labute approximate surface area is 168 Å². The fraction of sp³-hybridized carbons (Fsp3) is 0.0400. The van der Waals surface area contributed by atoms with Crippen LogP contribution in [0.5, 0.6) is 0 Å². The molecule has 27 heavy (non-hydrogen) atoms. The predicted octanol–water partition coefficient (Wildman–Crippen LogP) is 6.40. The fourth-order valence-corrected chi connectivity index (χ4v) is 4.05. The SMILES string of the molecule is OC(c1ccccc1)(c1ccccc1)c1ccccc1-c1ccccc1Br. The van der Waals surface area contributed by atoms with Gasteiger partial charge in [0.05, 0.1) is 0 Å². The zero-order valence-electron chi connectivity index (χ0n) is 14.7. The van der Waals surface area contributed by atoms with E-state index in [-0.39, 0.29) is 0 Å². The number of aliphatic hydroxyl groups is 1. The van der Waals surface area contributed by atoms with Gasteiger partial charge in [0.1, 0.15) is 5.60 Å². The summed E-state index contributed by atoms with van der Waals surface area (Å²) in [6.45, 7) is 0. The molecule has 0 atom stereocenters. The maximum Gasteiger partial charge on any atom is 0.141 e. The van der Waals surface area contributed by atoms with Gasteiger partial charge in [-0.15, -0.1) is 0 Å². The topological polar surface area (TPSA) is 20.2 Å². The molecule has 1 nitrogen and oxygen atoms in total. The first-order chi connectivity index (χ1) is 13.2. The summed E-state index contributed by atoms with van der Waals surface area (Å²) < 4.78 is 1.00. The van der Waals surface area contributed by atoms with E-state index in [0.717, 1.165) is 32.3 Å². The highest BCUT2D eigenvalue weighted by Gasteiger charge is 2.35. The number of rotatable bonds is 4. The van der Waals surface area contributed by atoms with E-state index in [4.69, 9.17) is 0 Å². The molecule has 0 saturated carbocycles. The summed E-state index contributed by atoms with van der Waals surface area (Å²) in [4.78, 5) is 0. The molecule has 0 spiro atoms. The van der Waals surface area contributed by atoms with Crippen molar-refractivity contribution in [3.05, 3.63) is 130 Å². The molecule has 0 fully saturated rings. The van der Waals surface area contributed by atoms with Crippen LogP contribution in [0.1, 0.15) is 16.7 Å². The van der Waals surface area contributed by atoms with Crippen LogP contribution in [-0.4, -0.2) is 5.11 Å². The minimum atomic E-state index is -1.26. The standard InChI is InChI=1S/C25H19BrO/c26-24-18-10-8-16-22(24)21-15-7-9-17-23(21)25(27,19-11-3-1-4-12-19)20-13-5-2-6-14-20/h1-18,27H. The molecule has 1 N–H and O–H groups in total. The zero-order chi connectivity index (χ0) is 18.7. The molecular formula is C25H19BrO. The van der Waals surface area contributed by atoms with Gasteiger partial charge in [-0.05, 0) is 28.3 Å². The van der Waals surface area contributed by atoms with E-state index in [2.05, 4.69) is 28.1 Å². The predicted molar refractivity (Wildman–Crippen MR) is 115 cm³/mol. The van der Waals surface area contributed by atoms with Crippen LogP contribution in [0.4, 0.5) is 0 Å². The van der Waals surface area contributed by atoms with E-state index in [0.29, 0.717) is 0 Å². The highest BCUT2D eigenvalue weighted by Crippen LogP contribution is 2.42. The third-order valence-electron chi connectivity index (χ3n) is 4.86. The van der Waals surface area contributed by atoms with Crippen molar-refractivity contribution in [2.24, 2.45) is 0 Å². The molecule has 4 aromatic carbocycles. The lowest BCUT2D eigenvalue weighted by Crippen LogP contribution is -2.29. The first-order valence-corrected chi connectivity index (χ1v) is 9.68. The van der Waals surface area contributed by atoms with Crippen molar-refractivity contribution in [2.75, 3.05) is 0 Å². The third-order valence-corrected chi connectivity index (χ3v) is 5.56. The third kappa shape index (κ3) is 3.23. The van der Waals surface area contributed by atoms with Crippen LogP contribution < -0.4 is 0 Å². The van der Waals surface area contributed by atoms with Crippen LogP contribution in [0.15, 0.2) is 114 Å². The summed E-state index contributed by atoms with van der Waals surface area (Å²) in [6.07, 6.45) is 0. The molecule has 0 aliphatic heterocycles. The van der Waals surface area contributed by atoms with E-state index < -0.39 is 5.60 Å². The Bertz CT molecular complexity index is 1000. The lowest BCUT2D eigenvalue weighted by molar-refractivity contribution is 0.126. The van der Waals surface area contributed by atoms with Crippen molar-refractivity contribution in [1.82, 2.24) is 0 Å². The Morgan fingerprint density at radius 2 is 0.963 bits per heavy atom. The monoisotopic (exact) mass is 414 g/mol. The minimum absolute atomic E-state index is 0.843. The molecule has 0 bridgehead atoms. The molecule has 0 radical (unpaired) electrons. The molecule has 2 heteroatoms. The molecule has 4 rings (SSSR count). The number of hydrogen-bond donors (Lipinski definition) is 1. The van der Waals surface area contributed by atoms with E-state index in [9.17, 15) is 5.11 Å². The fourth-order valence-electron chi connectivity index (χ4n) is 3.55. The highest BCUT2D eigenvalue weighted by atomic mass is 79.9. The van der Waals surface area contributed by atoms with Crippen LogP contribution in [0.2, 0.25) is 0 Å². The first kappa shape index (κ1) is 17.7.